The Morgan fingerprint density at radius 3 is 2.94 bits per heavy atom. The quantitative estimate of drug-likeness (QED) is 0.867. The van der Waals surface area contributed by atoms with E-state index in [1.165, 1.54) is 6.07 Å². The number of rotatable bonds is 3. The summed E-state index contributed by atoms with van der Waals surface area (Å²) in [7, 11) is 0. The van der Waals surface area contributed by atoms with Crippen molar-refractivity contribution in [3.8, 4) is 0 Å². The van der Waals surface area contributed by atoms with E-state index in [4.69, 9.17) is 5.73 Å². The van der Waals surface area contributed by atoms with E-state index in [0.29, 0.717) is 5.56 Å². The van der Waals surface area contributed by atoms with E-state index in [2.05, 4.69) is 4.90 Å². The number of halogens is 1. The van der Waals surface area contributed by atoms with E-state index in [9.17, 15) is 9.50 Å². The van der Waals surface area contributed by atoms with E-state index in [0.717, 1.165) is 31.5 Å². The zero-order valence-corrected chi connectivity index (χ0v) is 10.8. The fourth-order valence-corrected chi connectivity index (χ4v) is 2.73. The van der Waals surface area contributed by atoms with Gasteiger partial charge in [0.25, 0.3) is 0 Å². The molecule has 0 radical (unpaired) electrons. The van der Waals surface area contributed by atoms with Gasteiger partial charge in [-0.25, -0.2) is 4.39 Å². The van der Waals surface area contributed by atoms with Crippen LogP contribution in [0.15, 0.2) is 18.2 Å². The molecule has 4 heteroatoms. The van der Waals surface area contributed by atoms with Crippen LogP contribution in [-0.4, -0.2) is 24.3 Å². The van der Waals surface area contributed by atoms with Gasteiger partial charge in [0, 0.05) is 23.8 Å². The Balaban J connectivity index is 2.39. The van der Waals surface area contributed by atoms with Gasteiger partial charge in [-0.05, 0) is 38.3 Å². The minimum absolute atomic E-state index is 0.0815. The van der Waals surface area contributed by atoms with E-state index in [1.807, 2.05) is 6.07 Å². The average molecular weight is 252 g/mol. The van der Waals surface area contributed by atoms with Gasteiger partial charge in [0.2, 0.25) is 0 Å². The number of piperidine rings is 1. The molecule has 0 amide bonds. The second-order valence-corrected chi connectivity index (χ2v) is 4.99. The Bertz CT molecular complexity index is 409. The SMILES string of the molecule is C[C@@H](N)c1c(F)cccc1N1CCCCC1CO. The van der Waals surface area contributed by atoms with E-state index in [1.54, 1.807) is 13.0 Å². The van der Waals surface area contributed by atoms with Crippen LogP contribution in [0, 0.1) is 5.82 Å². The third-order valence-corrected chi connectivity index (χ3v) is 3.63. The van der Waals surface area contributed by atoms with Crippen LogP contribution in [0.3, 0.4) is 0 Å². The lowest BCUT2D eigenvalue weighted by molar-refractivity contribution is 0.240. The highest BCUT2D eigenvalue weighted by molar-refractivity contribution is 5.56. The van der Waals surface area contributed by atoms with Crippen molar-refractivity contribution in [2.75, 3.05) is 18.1 Å². The minimum Gasteiger partial charge on any atom is -0.394 e. The first kappa shape index (κ1) is 13.3. The van der Waals surface area contributed by atoms with Crippen LogP contribution in [0.1, 0.15) is 37.8 Å². The molecule has 1 saturated heterocycles. The largest absolute Gasteiger partial charge is 0.394 e. The summed E-state index contributed by atoms with van der Waals surface area (Å²) in [4.78, 5) is 2.10. The minimum atomic E-state index is -0.345. The standard InChI is InChI=1S/C14H21FN2O/c1-10(16)14-12(15)6-4-7-13(14)17-8-3-2-5-11(17)9-18/h4,6-7,10-11,18H,2-3,5,8-9,16H2,1H3/t10-,11?/m1/s1. The van der Waals surface area contributed by atoms with Crippen molar-refractivity contribution >= 4 is 5.69 Å². The molecule has 1 unspecified atom stereocenters. The van der Waals surface area contributed by atoms with Crippen LogP contribution < -0.4 is 10.6 Å². The Morgan fingerprint density at radius 2 is 2.28 bits per heavy atom. The molecule has 1 heterocycles. The van der Waals surface area contributed by atoms with Crippen LogP contribution in [-0.2, 0) is 0 Å². The van der Waals surface area contributed by atoms with Crippen LogP contribution in [0.2, 0.25) is 0 Å². The molecule has 0 aliphatic carbocycles. The van der Waals surface area contributed by atoms with E-state index < -0.39 is 0 Å². The maximum atomic E-state index is 13.9. The lowest BCUT2D eigenvalue weighted by Crippen LogP contribution is -2.42. The molecular weight excluding hydrogens is 231 g/mol. The van der Waals surface area contributed by atoms with Crippen LogP contribution >= 0.6 is 0 Å². The third-order valence-electron chi connectivity index (χ3n) is 3.63. The van der Waals surface area contributed by atoms with Gasteiger partial charge in [0.1, 0.15) is 5.82 Å². The van der Waals surface area contributed by atoms with Crippen molar-refractivity contribution in [1.82, 2.24) is 0 Å². The normalized spacial score (nSPS) is 22.0. The molecule has 0 bridgehead atoms. The maximum absolute atomic E-state index is 13.9. The van der Waals surface area contributed by atoms with Crippen LogP contribution in [0.25, 0.3) is 0 Å². The first-order valence-electron chi connectivity index (χ1n) is 6.56. The van der Waals surface area contributed by atoms with Crippen molar-refractivity contribution in [2.24, 2.45) is 5.73 Å². The Labute approximate surface area is 107 Å². The van der Waals surface area contributed by atoms with Gasteiger partial charge in [0.05, 0.1) is 12.6 Å². The summed E-state index contributed by atoms with van der Waals surface area (Å²) in [5, 5.41) is 9.45. The summed E-state index contributed by atoms with van der Waals surface area (Å²) in [5.41, 5.74) is 7.27. The maximum Gasteiger partial charge on any atom is 0.130 e. The molecule has 18 heavy (non-hydrogen) atoms. The number of anilines is 1. The van der Waals surface area contributed by atoms with Gasteiger partial charge in [0.15, 0.2) is 0 Å². The molecule has 1 aromatic rings. The first-order valence-corrected chi connectivity index (χ1v) is 6.56. The topological polar surface area (TPSA) is 49.5 Å². The van der Waals surface area contributed by atoms with Gasteiger partial charge in [-0.1, -0.05) is 6.07 Å². The molecule has 0 aromatic heterocycles. The Hall–Kier alpha value is -1.13. The van der Waals surface area contributed by atoms with Gasteiger partial charge in [-0.2, -0.15) is 0 Å². The summed E-state index contributed by atoms with van der Waals surface area (Å²) < 4.78 is 13.9. The van der Waals surface area contributed by atoms with Gasteiger partial charge >= 0.3 is 0 Å². The summed E-state index contributed by atoms with van der Waals surface area (Å²) in [6.07, 6.45) is 3.14. The molecule has 1 fully saturated rings. The summed E-state index contributed by atoms with van der Waals surface area (Å²) in [6, 6.07) is 4.79. The molecular formula is C14H21FN2O. The molecule has 2 atom stereocenters. The van der Waals surface area contributed by atoms with Crippen molar-refractivity contribution in [3.63, 3.8) is 0 Å². The lowest BCUT2D eigenvalue weighted by atomic mass is 9.98. The number of aliphatic hydroxyl groups excluding tert-OH is 1. The van der Waals surface area contributed by atoms with Gasteiger partial charge in [-0.15, -0.1) is 0 Å². The second-order valence-electron chi connectivity index (χ2n) is 4.99. The van der Waals surface area contributed by atoms with Crippen molar-refractivity contribution < 1.29 is 9.50 Å². The number of hydrogen-bond acceptors (Lipinski definition) is 3. The average Bonchev–Trinajstić information content (AvgIpc) is 2.38. The van der Waals surface area contributed by atoms with Gasteiger partial charge < -0.3 is 15.7 Å². The highest BCUT2D eigenvalue weighted by Gasteiger charge is 2.25. The second kappa shape index (κ2) is 5.67. The number of hydrogen-bond donors (Lipinski definition) is 2. The highest BCUT2D eigenvalue weighted by atomic mass is 19.1. The summed E-state index contributed by atoms with van der Waals surface area (Å²) in [5.74, 6) is -0.259. The van der Waals surface area contributed by atoms with E-state index in [-0.39, 0.29) is 24.5 Å². The molecule has 100 valence electrons. The molecule has 3 nitrogen and oxygen atoms in total. The van der Waals surface area contributed by atoms with Crippen molar-refractivity contribution in [3.05, 3.63) is 29.6 Å². The Morgan fingerprint density at radius 1 is 1.50 bits per heavy atom. The lowest BCUT2D eigenvalue weighted by Gasteiger charge is -2.38. The predicted molar refractivity (Wildman–Crippen MR) is 71.1 cm³/mol. The molecule has 1 aliphatic rings. The zero-order chi connectivity index (χ0) is 13.1. The smallest absolute Gasteiger partial charge is 0.130 e. The molecule has 1 aromatic carbocycles. The fourth-order valence-electron chi connectivity index (χ4n) is 2.73. The van der Waals surface area contributed by atoms with Crippen molar-refractivity contribution in [2.45, 2.75) is 38.3 Å². The summed E-state index contributed by atoms with van der Waals surface area (Å²) in [6.45, 7) is 2.75. The van der Waals surface area contributed by atoms with Crippen LogP contribution in [0.5, 0.6) is 0 Å². The predicted octanol–water partition coefficient (Wildman–Crippen LogP) is 2.20. The zero-order valence-electron chi connectivity index (χ0n) is 10.8. The van der Waals surface area contributed by atoms with Crippen molar-refractivity contribution in [1.29, 1.82) is 0 Å². The van der Waals surface area contributed by atoms with Crippen LogP contribution in [0.4, 0.5) is 10.1 Å². The first-order chi connectivity index (χ1) is 8.65. The monoisotopic (exact) mass is 252 g/mol. The summed E-state index contributed by atoms with van der Waals surface area (Å²) >= 11 is 0. The number of nitrogens with two attached hydrogens (primary N) is 1. The molecule has 0 saturated carbocycles. The molecule has 2 rings (SSSR count). The third kappa shape index (κ3) is 2.49. The Kier molecular flexibility index (Phi) is 4.19. The van der Waals surface area contributed by atoms with Gasteiger partial charge in [-0.3, -0.25) is 0 Å². The molecule has 0 spiro atoms. The number of aliphatic hydroxyl groups is 1. The molecule has 3 N–H and O–H groups in total. The number of nitrogens with zero attached hydrogens (tertiary/aromatic N) is 1. The fraction of sp³-hybridized carbons (Fsp3) is 0.571. The number of benzene rings is 1. The molecule has 1 aliphatic heterocycles. The highest BCUT2D eigenvalue weighted by Crippen LogP contribution is 2.32. The van der Waals surface area contributed by atoms with E-state index >= 15 is 0 Å².